The predicted octanol–water partition coefficient (Wildman–Crippen LogP) is 4.90. The fourth-order valence-electron chi connectivity index (χ4n) is 5.07. The zero-order chi connectivity index (χ0) is 27.9. The van der Waals surface area contributed by atoms with Gasteiger partial charge in [0.25, 0.3) is 10.0 Å². The fraction of sp³-hybridized carbons (Fsp3) is 0.552. The second-order valence-corrected chi connectivity index (χ2v) is 12.6. The summed E-state index contributed by atoms with van der Waals surface area (Å²) in [5.41, 5.74) is 0.673. The number of benzene rings is 2. The van der Waals surface area contributed by atoms with Crippen molar-refractivity contribution in [1.82, 2.24) is 5.32 Å². The fourth-order valence-corrected chi connectivity index (χ4v) is 6.71. The van der Waals surface area contributed by atoms with Crippen molar-refractivity contribution in [3.8, 4) is 11.5 Å². The van der Waals surface area contributed by atoms with Crippen molar-refractivity contribution in [2.75, 3.05) is 31.7 Å². The Bertz CT molecular complexity index is 1170. The van der Waals surface area contributed by atoms with Crippen molar-refractivity contribution in [2.24, 2.45) is 11.3 Å². The molecule has 0 aromatic heterocycles. The number of nitrogens with zero attached hydrogens (tertiary/aromatic N) is 1. The minimum atomic E-state index is -3.91. The van der Waals surface area contributed by atoms with Crippen LogP contribution in [0.1, 0.15) is 58.4 Å². The summed E-state index contributed by atoms with van der Waals surface area (Å²) in [5, 5.41) is 14.1. The predicted molar refractivity (Wildman–Crippen MR) is 149 cm³/mol. The van der Waals surface area contributed by atoms with Crippen LogP contribution in [0.5, 0.6) is 11.5 Å². The van der Waals surface area contributed by atoms with E-state index in [4.69, 9.17) is 9.47 Å². The molecule has 1 aliphatic carbocycles. The van der Waals surface area contributed by atoms with Gasteiger partial charge < -0.3 is 19.9 Å². The lowest BCUT2D eigenvalue weighted by molar-refractivity contribution is -0.134. The molecule has 0 spiro atoms. The first kappa shape index (κ1) is 29.8. The Hall–Kier alpha value is -2.78. The number of methoxy groups -OCH3 is 2. The van der Waals surface area contributed by atoms with Crippen LogP contribution in [0.25, 0.3) is 0 Å². The van der Waals surface area contributed by atoms with Gasteiger partial charge in [-0.15, -0.1) is 0 Å². The summed E-state index contributed by atoms with van der Waals surface area (Å²) in [6.07, 6.45) is 5.09. The third-order valence-electron chi connectivity index (χ3n) is 7.19. The molecule has 1 amide bonds. The van der Waals surface area contributed by atoms with Crippen molar-refractivity contribution in [2.45, 2.75) is 70.2 Å². The number of aromatic hydroxyl groups is 1. The Labute approximate surface area is 227 Å². The first-order valence-corrected chi connectivity index (χ1v) is 14.7. The molecule has 9 heteroatoms. The van der Waals surface area contributed by atoms with Crippen molar-refractivity contribution >= 4 is 21.6 Å². The van der Waals surface area contributed by atoms with Gasteiger partial charge >= 0.3 is 0 Å². The smallest absolute Gasteiger partial charge is 0.264 e. The van der Waals surface area contributed by atoms with E-state index in [9.17, 15) is 18.3 Å². The number of ether oxygens (including phenoxy) is 2. The topological polar surface area (TPSA) is 105 Å². The molecule has 0 aliphatic heterocycles. The van der Waals surface area contributed by atoms with Gasteiger partial charge in [0, 0.05) is 19.7 Å². The minimum Gasteiger partial charge on any atom is -0.506 e. The lowest BCUT2D eigenvalue weighted by Crippen LogP contribution is -2.45. The zero-order valence-electron chi connectivity index (χ0n) is 23.2. The molecule has 2 aromatic carbocycles. The summed E-state index contributed by atoms with van der Waals surface area (Å²) in [6, 6.07) is 11.3. The Balaban J connectivity index is 1.72. The number of aryl methyl sites for hydroxylation is 1. The molecule has 0 bridgehead atoms. The first-order chi connectivity index (χ1) is 18.0. The lowest BCUT2D eigenvalue weighted by Gasteiger charge is -2.29. The molecule has 1 atom stereocenters. The number of phenols is 1. The number of sulfonamides is 1. The van der Waals surface area contributed by atoms with Gasteiger partial charge in [-0.3, -0.25) is 9.10 Å². The standard InChI is InChI=1S/C29H42N2O6S/c1-21(2)19-31(38(34,35)25-13-11-24(37-5)12-14-25)26-15-10-23(18-27(26)32)9-8-22(3)30-28(33)29(20-36-4)16-6-7-17-29/h10-15,18,21-22,32H,6-9,16-17,19-20H2,1-5H3,(H,30,33)/t22-/m0/s1. The van der Waals surface area contributed by atoms with Crippen LogP contribution in [-0.4, -0.2) is 52.8 Å². The van der Waals surface area contributed by atoms with Crippen LogP contribution in [0.2, 0.25) is 0 Å². The molecule has 0 unspecified atom stereocenters. The van der Waals surface area contributed by atoms with Gasteiger partial charge in [0.15, 0.2) is 0 Å². The largest absolute Gasteiger partial charge is 0.506 e. The van der Waals surface area contributed by atoms with Crippen LogP contribution in [0.4, 0.5) is 5.69 Å². The summed E-state index contributed by atoms with van der Waals surface area (Å²) in [6.45, 7) is 6.49. The number of hydrogen-bond acceptors (Lipinski definition) is 6. The summed E-state index contributed by atoms with van der Waals surface area (Å²) < 4.78 is 38.8. The van der Waals surface area contributed by atoms with E-state index in [1.54, 1.807) is 31.4 Å². The van der Waals surface area contributed by atoms with Gasteiger partial charge in [-0.05, 0) is 80.5 Å². The Morgan fingerprint density at radius 1 is 1.08 bits per heavy atom. The van der Waals surface area contributed by atoms with Crippen molar-refractivity contribution in [3.63, 3.8) is 0 Å². The molecule has 0 radical (unpaired) electrons. The molecular weight excluding hydrogens is 504 g/mol. The maximum atomic E-state index is 13.5. The monoisotopic (exact) mass is 546 g/mol. The molecule has 210 valence electrons. The van der Waals surface area contributed by atoms with E-state index in [-0.39, 0.29) is 40.7 Å². The molecule has 1 fully saturated rings. The average molecular weight is 547 g/mol. The van der Waals surface area contributed by atoms with Gasteiger partial charge in [0.05, 0.1) is 29.7 Å². The maximum Gasteiger partial charge on any atom is 0.264 e. The summed E-state index contributed by atoms with van der Waals surface area (Å²) in [4.78, 5) is 13.1. The number of amides is 1. The Morgan fingerprint density at radius 3 is 2.29 bits per heavy atom. The van der Waals surface area contributed by atoms with E-state index < -0.39 is 15.4 Å². The Kier molecular flexibility index (Phi) is 10.1. The molecule has 38 heavy (non-hydrogen) atoms. The van der Waals surface area contributed by atoms with Gasteiger partial charge in [0.1, 0.15) is 11.5 Å². The summed E-state index contributed by atoms with van der Waals surface area (Å²) in [7, 11) is -0.747. The lowest BCUT2D eigenvalue weighted by atomic mass is 9.85. The van der Waals surface area contributed by atoms with E-state index >= 15 is 0 Å². The van der Waals surface area contributed by atoms with E-state index in [0.717, 1.165) is 31.2 Å². The van der Waals surface area contributed by atoms with Gasteiger partial charge in [-0.25, -0.2) is 8.42 Å². The molecule has 1 saturated carbocycles. The molecule has 0 saturated heterocycles. The van der Waals surface area contributed by atoms with Crippen LogP contribution in [0.3, 0.4) is 0 Å². The van der Waals surface area contributed by atoms with E-state index in [2.05, 4.69) is 5.32 Å². The second-order valence-electron chi connectivity index (χ2n) is 10.8. The van der Waals surface area contributed by atoms with Crippen LogP contribution < -0.4 is 14.4 Å². The molecular formula is C29H42N2O6S. The van der Waals surface area contributed by atoms with Gasteiger partial charge in [-0.2, -0.15) is 0 Å². The number of anilines is 1. The third kappa shape index (κ3) is 6.99. The van der Waals surface area contributed by atoms with E-state index in [1.807, 2.05) is 26.8 Å². The quantitative estimate of drug-likeness (QED) is 0.370. The molecule has 0 heterocycles. The summed E-state index contributed by atoms with van der Waals surface area (Å²) >= 11 is 0. The van der Waals surface area contributed by atoms with Crippen LogP contribution in [0.15, 0.2) is 47.4 Å². The Morgan fingerprint density at radius 2 is 1.74 bits per heavy atom. The molecule has 1 aliphatic rings. The van der Waals surface area contributed by atoms with Crippen LogP contribution in [-0.2, 0) is 26.0 Å². The van der Waals surface area contributed by atoms with Crippen molar-refractivity contribution in [3.05, 3.63) is 48.0 Å². The minimum absolute atomic E-state index is 0.0350. The molecule has 2 N–H and O–H groups in total. The SMILES string of the molecule is COCC1(C(=O)N[C@@H](C)CCc2ccc(N(CC(C)C)S(=O)(=O)c3ccc(OC)cc3)c(O)c2)CCCC1. The molecule has 2 aromatic rings. The first-order valence-electron chi connectivity index (χ1n) is 13.3. The van der Waals surface area contributed by atoms with Crippen molar-refractivity contribution in [1.29, 1.82) is 0 Å². The average Bonchev–Trinajstić information content (AvgIpc) is 3.36. The highest BCUT2D eigenvalue weighted by Crippen LogP contribution is 2.39. The van der Waals surface area contributed by atoms with E-state index in [1.165, 1.54) is 23.5 Å². The number of nitrogens with one attached hydrogen (secondary N) is 1. The van der Waals surface area contributed by atoms with Gasteiger partial charge in [-0.1, -0.05) is 32.8 Å². The third-order valence-corrected chi connectivity index (χ3v) is 8.99. The summed E-state index contributed by atoms with van der Waals surface area (Å²) in [5.74, 6) is 0.555. The number of phenolic OH excluding ortho intramolecular Hbond substituents is 1. The number of carbonyl (C=O) groups is 1. The highest BCUT2D eigenvalue weighted by Gasteiger charge is 2.41. The normalized spacial score (nSPS) is 15.8. The number of hydrogen-bond donors (Lipinski definition) is 2. The van der Waals surface area contributed by atoms with Gasteiger partial charge in [0.2, 0.25) is 5.91 Å². The maximum absolute atomic E-state index is 13.5. The molecule has 8 nitrogen and oxygen atoms in total. The highest BCUT2D eigenvalue weighted by atomic mass is 32.2. The van der Waals surface area contributed by atoms with Crippen LogP contribution in [0, 0.1) is 11.3 Å². The van der Waals surface area contributed by atoms with Crippen LogP contribution >= 0.6 is 0 Å². The molecule has 3 rings (SSSR count). The zero-order valence-corrected chi connectivity index (χ0v) is 24.0. The number of carbonyl (C=O) groups excluding carboxylic acids is 1. The highest BCUT2D eigenvalue weighted by molar-refractivity contribution is 7.92. The van der Waals surface area contributed by atoms with Crippen molar-refractivity contribution < 1.29 is 27.8 Å². The second kappa shape index (κ2) is 12.8. The number of rotatable bonds is 13. The van der Waals surface area contributed by atoms with E-state index in [0.29, 0.717) is 25.2 Å².